The molecule has 2 aromatic heterocycles. The molecule has 0 aliphatic rings. The van der Waals surface area contributed by atoms with Crippen LogP contribution in [0.1, 0.15) is 20.9 Å². The van der Waals surface area contributed by atoms with E-state index in [1.165, 1.54) is 42.9 Å². The second-order valence-corrected chi connectivity index (χ2v) is 6.39. The van der Waals surface area contributed by atoms with E-state index in [4.69, 9.17) is 5.73 Å². The zero-order valence-electron chi connectivity index (χ0n) is 11.5. The molecule has 3 aromatic rings. The molecule has 0 aliphatic carbocycles. The van der Waals surface area contributed by atoms with Crippen LogP contribution >= 0.6 is 11.3 Å². The first-order chi connectivity index (χ1) is 9.11. The predicted molar refractivity (Wildman–Crippen MR) is 83.7 cm³/mol. The van der Waals surface area contributed by atoms with Gasteiger partial charge in [0.25, 0.3) is 0 Å². The fourth-order valence-electron chi connectivity index (χ4n) is 2.72. The van der Waals surface area contributed by atoms with E-state index in [0.717, 1.165) is 0 Å². The van der Waals surface area contributed by atoms with Gasteiger partial charge in [-0.3, -0.25) is 0 Å². The van der Waals surface area contributed by atoms with Crippen molar-refractivity contribution in [2.45, 2.75) is 27.3 Å². The van der Waals surface area contributed by atoms with Crippen LogP contribution in [0.15, 0.2) is 24.4 Å². The second-order valence-electron chi connectivity index (χ2n) is 5.05. The highest BCUT2D eigenvalue weighted by molar-refractivity contribution is 7.12. The number of nitrogens with one attached hydrogen (secondary N) is 1. The Labute approximate surface area is 117 Å². The number of fused-ring (bicyclic) bond motifs is 1. The van der Waals surface area contributed by atoms with E-state index in [9.17, 15) is 0 Å². The van der Waals surface area contributed by atoms with Crippen LogP contribution < -0.4 is 5.73 Å². The lowest BCUT2D eigenvalue weighted by atomic mass is 9.97. The average molecular weight is 270 g/mol. The van der Waals surface area contributed by atoms with Crippen LogP contribution in [-0.4, -0.2) is 4.98 Å². The quantitative estimate of drug-likeness (QED) is 0.717. The molecule has 0 amide bonds. The second kappa shape index (κ2) is 4.51. The van der Waals surface area contributed by atoms with Gasteiger partial charge in [0.15, 0.2) is 0 Å². The van der Waals surface area contributed by atoms with Crippen LogP contribution in [0.2, 0.25) is 0 Å². The van der Waals surface area contributed by atoms with E-state index in [0.29, 0.717) is 6.54 Å². The molecule has 3 N–H and O–H groups in total. The number of benzene rings is 1. The Morgan fingerprint density at radius 3 is 2.68 bits per heavy atom. The first-order valence-electron chi connectivity index (χ1n) is 6.49. The van der Waals surface area contributed by atoms with Gasteiger partial charge in [-0.15, -0.1) is 11.3 Å². The molecule has 0 spiro atoms. The molecule has 3 rings (SSSR count). The number of aromatic nitrogens is 1. The predicted octanol–water partition coefficient (Wildman–Crippen LogP) is 4.28. The lowest BCUT2D eigenvalue weighted by molar-refractivity contribution is 1.11. The average Bonchev–Trinajstić information content (AvgIpc) is 2.93. The first kappa shape index (κ1) is 12.5. The zero-order valence-corrected chi connectivity index (χ0v) is 12.3. The normalized spacial score (nSPS) is 11.4. The summed E-state index contributed by atoms with van der Waals surface area (Å²) >= 11 is 1.79. The van der Waals surface area contributed by atoms with Gasteiger partial charge in [-0.25, -0.2) is 0 Å². The number of thiophene rings is 1. The number of hydrogen-bond donors (Lipinski definition) is 2. The van der Waals surface area contributed by atoms with Crippen molar-refractivity contribution in [2.75, 3.05) is 0 Å². The number of rotatable bonds is 2. The van der Waals surface area contributed by atoms with Crippen molar-refractivity contribution < 1.29 is 0 Å². The van der Waals surface area contributed by atoms with Crippen LogP contribution in [0.5, 0.6) is 0 Å². The summed E-state index contributed by atoms with van der Waals surface area (Å²) in [5.41, 5.74) is 12.3. The van der Waals surface area contributed by atoms with Crippen molar-refractivity contribution >= 4 is 22.2 Å². The first-order valence-corrected chi connectivity index (χ1v) is 7.30. The van der Waals surface area contributed by atoms with Crippen molar-refractivity contribution in [3.05, 3.63) is 45.3 Å². The molecule has 0 aliphatic heterocycles. The van der Waals surface area contributed by atoms with Gasteiger partial charge >= 0.3 is 0 Å². The third-order valence-electron chi connectivity index (χ3n) is 3.66. The molecular formula is C16H18N2S. The van der Waals surface area contributed by atoms with Gasteiger partial charge in [-0.2, -0.15) is 0 Å². The topological polar surface area (TPSA) is 41.8 Å². The summed E-state index contributed by atoms with van der Waals surface area (Å²) in [4.78, 5) is 6.00. The third kappa shape index (κ3) is 1.90. The molecule has 0 atom stereocenters. The molecule has 0 bridgehead atoms. The van der Waals surface area contributed by atoms with Crippen molar-refractivity contribution in [3.8, 4) is 11.1 Å². The van der Waals surface area contributed by atoms with Crippen molar-refractivity contribution in [1.82, 2.24) is 4.98 Å². The summed E-state index contributed by atoms with van der Waals surface area (Å²) in [5, 5.41) is 1.30. The van der Waals surface area contributed by atoms with Gasteiger partial charge < -0.3 is 10.7 Å². The smallest absolute Gasteiger partial charge is 0.0539 e. The minimum Gasteiger partial charge on any atom is -0.360 e. The Morgan fingerprint density at radius 2 is 1.95 bits per heavy atom. The standard InChI is InChI=1S/C16H18N2S/c1-9-4-5-12-10(2)8-18-16(12)15(9)13-6-11(3)19-14(13)7-17/h4-6,8,18H,7,17H2,1-3H3. The fourth-order valence-corrected chi connectivity index (χ4v) is 3.64. The molecule has 3 heteroatoms. The molecule has 0 fully saturated rings. The van der Waals surface area contributed by atoms with E-state index < -0.39 is 0 Å². The van der Waals surface area contributed by atoms with E-state index in [1.807, 2.05) is 0 Å². The molecule has 0 unspecified atom stereocenters. The van der Waals surface area contributed by atoms with Crippen LogP contribution in [0, 0.1) is 20.8 Å². The summed E-state index contributed by atoms with van der Waals surface area (Å²) in [7, 11) is 0. The molecule has 98 valence electrons. The Balaban J connectivity index is 2.37. The highest BCUT2D eigenvalue weighted by Crippen LogP contribution is 2.38. The van der Waals surface area contributed by atoms with Crippen molar-refractivity contribution in [3.63, 3.8) is 0 Å². The maximum absolute atomic E-state index is 5.90. The molecule has 2 heterocycles. The van der Waals surface area contributed by atoms with Crippen molar-refractivity contribution in [2.24, 2.45) is 5.73 Å². The molecular weight excluding hydrogens is 252 g/mol. The number of aromatic amines is 1. The van der Waals surface area contributed by atoms with Crippen molar-refractivity contribution in [1.29, 1.82) is 0 Å². The number of aryl methyl sites for hydroxylation is 3. The number of hydrogen-bond acceptors (Lipinski definition) is 2. The summed E-state index contributed by atoms with van der Waals surface area (Å²) < 4.78 is 0. The maximum atomic E-state index is 5.90. The van der Waals surface area contributed by atoms with Gasteiger partial charge in [-0.05, 0) is 43.5 Å². The summed E-state index contributed by atoms with van der Waals surface area (Å²) in [6, 6.07) is 6.65. The molecule has 19 heavy (non-hydrogen) atoms. The van der Waals surface area contributed by atoms with E-state index in [1.54, 1.807) is 11.3 Å². The summed E-state index contributed by atoms with van der Waals surface area (Å²) in [5.74, 6) is 0. The third-order valence-corrected chi connectivity index (χ3v) is 4.73. The van der Waals surface area contributed by atoms with E-state index in [-0.39, 0.29) is 0 Å². The number of nitrogens with two attached hydrogens (primary N) is 1. The Bertz CT molecular complexity index is 750. The van der Waals surface area contributed by atoms with Gasteiger partial charge in [0.05, 0.1) is 5.52 Å². The molecule has 0 saturated heterocycles. The molecule has 0 saturated carbocycles. The van der Waals surface area contributed by atoms with Crippen LogP contribution in [0.3, 0.4) is 0 Å². The largest absolute Gasteiger partial charge is 0.360 e. The van der Waals surface area contributed by atoms with Crippen LogP contribution in [0.4, 0.5) is 0 Å². The SMILES string of the molecule is Cc1cc(-c2c(C)ccc3c(C)c[nH]c23)c(CN)s1. The Hall–Kier alpha value is -1.58. The summed E-state index contributed by atoms with van der Waals surface area (Å²) in [6.07, 6.45) is 2.08. The molecule has 0 radical (unpaired) electrons. The van der Waals surface area contributed by atoms with Gasteiger partial charge in [0.1, 0.15) is 0 Å². The lowest BCUT2D eigenvalue weighted by Gasteiger charge is -2.08. The lowest BCUT2D eigenvalue weighted by Crippen LogP contribution is -1.96. The minimum atomic E-state index is 0.601. The molecule has 2 nitrogen and oxygen atoms in total. The maximum Gasteiger partial charge on any atom is 0.0539 e. The Kier molecular flexibility index (Phi) is 2.96. The van der Waals surface area contributed by atoms with E-state index >= 15 is 0 Å². The fraction of sp³-hybridized carbons (Fsp3) is 0.250. The number of H-pyrrole nitrogens is 1. The van der Waals surface area contributed by atoms with Gasteiger partial charge in [0.2, 0.25) is 0 Å². The highest BCUT2D eigenvalue weighted by atomic mass is 32.1. The molecule has 1 aromatic carbocycles. The zero-order chi connectivity index (χ0) is 13.6. The highest BCUT2D eigenvalue weighted by Gasteiger charge is 2.15. The van der Waals surface area contributed by atoms with Gasteiger partial charge in [0, 0.05) is 33.4 Å². The Morgan fingerprint density at radius 1 is 1.16 bits per heavy atom. The summed E-state index contributed by atoms with van der Waals surface area (Å²) in [6.45, 7) is 7.05. The monoisotopic (exact) mass is 270 g/mol. The minimum absolute atomic E-state index is 0.601. The van der Waals surface area contributed by atoms with E-state index in [2.05, 4.69) is 50.2 Å². The van der Waals surface area contributed by atoms with Gasteiger partial charge in [-0.1, -0.05) is 12.1 Å². The van der Waals surface area contributed by atoms with Crippen LogP contribution in [0.25, 0.3) is 22.0 Å². The van der Waals surface area contributed by atoms with Crippen LogP contribution in [-0.2, 0) is 6.54 Å².